The fourth-order valence-electron chi connectivity index (χ4n) is 4.34. The number of nitrogens with zero attached hydrogens (tertiary/aromatic N) is 3. The zero-order chi connectivity index (χ0) is 20.1. The first kappa shape index (κ1) is 22.6. The lowest BCUT2D eigenvalue weighted by molar-refractivity contribution is 0.102. The van der Waals surface area contributed by atoms with Crippen LogP contribution < -0.4 is 15.4 Å². The number of amides is 1. The lowest BCUT2D eigenvalue weighted by Gasteiger charge is -2.23. The third-order valence-corrected chi connectivity index (χ3v) is 6.12. The number of nitrogens with one attached hydrogen (secondary N) is 2. The van der Waals surface area contributed by atoms with Crippen molar-refractivity contribution in [2.75, 3.05) is 25.0 Å². The maximum Gasteiger partial charge on any atom is 0.278 e. The van der Waals surface area contributed by atoms with Crippen LogP contribution >= 0.6 is 12.4 Å². The van der Waals surface area contributed by atoms with Crippen LogP contribution in [0.25, 0.3) is 0 Å². The summed E-state index contributed by atoms with van der Waals surface area (Å²) in [7, 11) is 0. The average molecular weight is 434 g/mol. The number of anilines is 1. The Kier molecular flexibility index (Phi) is 8.10. The minimum absolute atomic E-state index is 0. The van der Waals surface area contributed by atoms with E-state index in [4.69, 9.17) is 4.74 Å². The fourth-order valence-corrected chi connectivity index (χ4v) is 4.34. The molecular weight excluding hydrogens is 402 g/mol. The van der Waals surface area contributed by atoms with E-state index in [1.165, 1.54) is 32.1 Å². The van der Waals surface area contributed by atoms with E-state index < -0.39 is 0 Å². The maximum atomic E-state index is 12.7. The van der Waals surface area contributed by atoms with Crippen LogP contribution in [0.5, 0.6) is 5.75 Å². The van der Waals surface area contributed by atoms with Crippen molar-refractivity contribution in [2.24, 2.45) is 5.92 Å². The minimum Gasteiger partial charge on any atom is -0.493 e. The van der Waals surface area contributed by atoms with Gasteiger partial charge in [0.05, 0.1) is 18.3 Å². The quantitative estimate of drug-likeness (QED) is 0.715. The Balaban J connectivity index is 0.00000256. The predicted octanol–water partition coefficient (Wildman–Crippen LogP) is 4.14. The third kappa shape index (κ3) is 5.52. The molecule has 2 aliphatic rings. The van der Waals surface area contributed by atoms with Crippen molar-refractivity contribution in [2.45, 2.75) is 57.9 Å². The fraction of sp³-hybridized carbons (Fsp3) is 0.591. The number of hydrogen-bond donors (Lipinski definition) is 2. The molecule has 164 valence electrons. The van der Waals surface area contributed by atoms with Gasteiger partial charge in [-0.3, -0.25) is 4.79 Å². The lowest BCUT2D eigenvalue weighted by Crippen LogP contribution is -2.30. The minimum atomic E-state index is -0.224. The summed E-state index contributed by atoms with van der Waals surface area (Å²) in [6.45, 7) is 4.64. The van der Waals surface area contributed by atoms with Gasteiger partial charge in [-0.1, -0.05) is 24.5 Å². The van der Waals surface area contributed by atoms with Crippen molar-refractivity contribution < 1.29 is 9.53 Å². The Morgan fingerprint density at radius 3 is 2.53 bits per heavy atom. The number of hydrogen-bond acceptors (Lipinski definition) is 5. The first-order valence-corrected chi connectivity index (χ1v) is 10.9. The Bertz CT molecular complexity index is 811. The molecule has 1 saturated carbocycles. The third-order valence-electron chi connectivity index (χ3n) is 6.12. The smallest absolute Gasteiger partial charge is 0.278 e. The highest BCUT2D eigenvalue weighted by atomic mass is 35.5. The van der Waals surface area contributed by atoms with Crippen molar-refractivity contribution in [3.63, 3.8) is 0 Å². The van der Waals surface area contributed by atoms with E-state index in [1.54, 1.807) is 0 Å². The topological polar surface area (TPSA) is 81.1 Å². The van der Waals surface area contributed by atoms with E-state index in [-0.39, 0.29) is 18.3 Å². The van der Waals surface area contributed by atoms with Crippen LogP contribution in [0.15, 0.2) is 24.3 Å². The summed E-state index contributed by atoms with van der Waals surface area (Å²) in [5, 5.41) is 14.7. The number of aromatic nitrogens is 3. The number of benzene rings is 1. The Morgan fingerprint density at radius 2 is 1.83 bits per heavy atom. The molecule has 1 aromatic heterocycles. The highest BCUT2D eigenvalue weighted by molar-refractivity contribution is 6.03. The van der Waals surface area contributed by atoms with E-state index in [0.717, 1.165) is 49.7 Å². The molecule has 0 bridgehead atoms. The second kappa shape index (κ2) is 10.8. The van der Waals surface area contributed by atoms with Gasteiger partial charge in [-0.25, -0.2) is 4.68 Å². The van der Waals surface area contributed by atoms with E-state index in [1.807, 2.05) is 35.9 Å². The molecule has 2 N–H and O–H groups in total. The van der Waals surface area contributed by atoms with Gasteiger partial charge in [0.2, 0.25) is 0 Å². The summed E-state index contributed by atoms with van der Waals surface area (Å²) in [6, 6.07) is 7.89. The molecule has 2 aromatic rings. The Hall–Kier alpha value is -2.12. The molecule has 0 spiro atoms. The van der Waals surface area contributed by atoms with Gasteiger partial charge in [0, 0.05) is 5.69 Å². The Labute approximate surface area is 184 Å². The second-order valence-corrected chi connectivity index (χ2v) is 8.24. The molecule has 1 saturated heterocycles. The molecule has 2 heterocycles. The van der Waals surface area contributed by atoms with Crippen LogP contribution in [0.1, 0.15) is 67.2 Å². The zero-order valence-electron chi connectivity index (χ0n) is 17.6. The summed E-state index contributed by atoms with van der Waals surface area (Å²) in [4.78, 5) is 12.7. The number of carbonyl (C=O) groups excluding carboxylic acids is 1. The molecule has 7 nitrogen and oxygen atoms in total. The van der Waals surface area contributed by atoms with Crippen molar-refractivity contribution >= 4 is 24.0 Å². The van der Waals surface area contributed by atoms with E-state index in [9.17, 15) is 4.79 Å². The van der Waals surface area contributed by atoms with Gasteiger partial charge in [0.25, 0.3) is 5.91 Å². The van der Waals surface area contributed by atoms with Crippen molar-refractivity contribution in [3.8, 4) is 5.75 Å². The van der Waals surface area contributed by atoms with E-state index in [0.29, 0.717) is 17.7 Å². The van der Waals surface area contributed by atoms with Crippen LogP contribution in [-0.2, 0) is 0 Å². The van der Waals surface area contributed by atoms with Crippen molar-refractivity contribution in [3.05, 3.63) is 35.7 Å². The SMILES string of the molecule is Cc1c(C(=O)Nc2ccc(OCC3CCCCC3)cc2)nnn1C1CCNCC1.Cl. The van der Waals surface area contributed by atoms with Crippen LogP contribution in [0.2, 0.25) is 0 Å². The van der Waals surface area contributed by atoms with Crippen LogP contribution in [-0.4, -0.2) is 40.6 Å². The highest BCUT2D eigenvalue weighted by Crippen LogP contribution is 2.25. The molecule has 1 aliphatic carbocycles. The molecule has 0 unspecified atom stereocenters. The average Bonchev–Trinajstić information content (AvgIpc) is 3.16. The number of carbonyl (C=O) groups is 1. The normalized spacial score (nSPS) is 17.9. The number of halogens is 1. The summed E-state index contributed by atoms with van der Waals surface area (Å²) in [6.07, 6.45) is 8.55. The van der Waals surface area contributed by atoms with Gasteiger partial charge in [-0.15, -0.1) is 17.5 Å². The number of ether oxygens (including phenoxy) is 1. The molecule has 1 amide bonds. The largest absolute Gasteiger partial charge is 0.493 e. The molecule has 2 fully saturated rings. The van der Waals surface area contributed by atoms with E-state index in [2.05, 4.69) is 20.9 Å². The van der Waals surface area contributed by atoms with Crippen molar-refractivity contribution in [1.82, 2.24) is 20.3 Å². The van der Waals surface area contributed by atoms with Gasteiger partial charge in [-0.2, -0.15) is 0 Å². The van der Waals surface area contributed by atoms with Crippen LogP contribution in [0, 0.1) is 12.8 Å². The summed E-state index contributed by atoms with van der Waals surface area (Å²) in [5.74, 6) is 1.30. The molecule has 8 heteroatoms. The second-order valence-electron chi connectivity index (χ2n) is 8.24. The van der Waals surface area contributed by atoms with Gasteiger partial charge in [-0.05, 0) is 75.9 Å². The van der Waals surface area contributed by atoms with Crippen LogP contribution in [0.3, 0.4) is 0 Å². The van der Waals surface area contributed by atoms with Gasteiger partial charge >= 0.3 is 0 Å². The van der Waals surface area contributed by atoms with Gasteiger partial charge in [0.15, 0.2) is 5.69 Å². The number of piperidine rings is 1. The summed E-state index contributed by atoms with van der Waals surface area (Å²) < 4.78 is 7.84. The summed E-state index contributed by atoms with van der Waals surface area (Å²) >= 11 is 0. The van der Waals surface area contributed by atoms with Crippen molar-refractivity contribution in [1.29, 1.82) is 0 Å². The standard InChI is InChI=1S/C22H31N5O2.ClH/c1-16-21(25-26-27(16)19-11-13-23-14-12-19)22(28)24-18-7-9-20(10-8-18)29-15-17-5-3-2-4-6-17;/h7-10,17,19,23H,2-6,11-15H2,1H3,(H,24,28);1H. The molecular formula is C22H32ClN5O2. The molecule has 0 atom stereocenters. The maximum absolute atomic E-state index is 12.7. The molecule has 30 heavy (non-hydrogen) atoms. The predicted molar refractivity (Wildman–Crippen MR) is 120 cm³/mol. The van der Waals surface area contributed by atoms with Crippen LogP contribution in [0.4, 0.5) is 5.69 Å². The molecule has 4 rings (SSSR count). The molecule has 0 radical (unpaired) electrons. The summed E-state index contributed by atoms with van der Waals surface area (Å²) in [5.41, 5.74) is 1.94. The van der Waals surface area contributed by atoms with Gasteiger partial charge in [0.1, 0.15) is 5.75 Å². The van der Waals surface area contributed by atoms with E-state index >= 15 is 0 Å². The molecule has 1 aromatic carbocycles. The highest BCUT2D eigenvalue weighted by Gasteiger charge is 2.23. The monoisotopic (exact) mass is 433 g/mol. The molecule has 1 aliphatic heterocycles. The Morgan fingerprint density at radius 1 is 1.13 bits per heavy atom. The van der Waals surface area contributed by atoms with Gasteiger partial charge < -0.3 is 15.4 Å². The zero-order valence-corrected chi connectivity index (χ0v) is 18.4. The lowest BCUT2D eigenvalue weighted by atomic mass is 9.90. The first-order chi connectivity index (χ1) is 14.2. The number of rotatable bonds is 6. The first-order valence-electron chi connectivity index (χ1n) is 10.9.